The van der Waals surface area contributed by atoms with Crippen molar-refractivity contribution in [2.75, 3.05) is 20.3 Å². The van der Waals surface area contributed by atoms with Gasteiger partial charge in [0.25, 0.3) is 5.91 Å². The van der Waals surface area contributed by atoms with Crippen LogP contribution in [0.15, 0.2) is 52.4 Å². The first-order valence-electron chi connectivity index (χ1n) is 8.81. The summed E-state index contributed by atoms with van der Waals surface area (Å²) in [5.74, 6) is -0.0226. The van der Waals surface area contributed by atoms with Crippen LogP contribution in [0.3, 0.4) is 0 Å². The van der Waals surface area contributed by atoms with Gasteiger partial charge in [0.2, 0.25) is 10.0 Å². The normalized spacial score (nSPS) is 12.4. The molecule has 0 saturated carbocycles. The number of fused-ring (bicyclic) bond motifs is 1. The summed E-state index contributed by atoms with van der Waals surface area (Å²) in [5, 5.41) is 5.24. The van der Waals surface area contributed by atoms with Crippen molar-refractivity contribution in [3.8, 4) is 5.75 Å². The van der Waals surface area contributed by atoms with Crippen LogP contribution >= 0.6 is 11.3 Å². The first kappa shape index (κ1) is 21.2. The number of aromatic nitrogens is 1. The van der Waals surface area contributed by atoms with E-state index in [1.807, 2.05) is 11.5 Å². The van der Waals surface area contributed by atoms with E-state index in [9.17, 15) is 13.2 Å². The Bertz CT molecular complexity index is 1210. The number of nitrogens with two attached hydrogens (primary N) is 1. The second-order valence-electron chi connectivity index (χ2n) is 6.02. The Morgan fingerprint density at radius 3 is 2.69 bits per heavy atom. The number of ether oxygens (including phenoxy) is 2. The van der Waals surface area contributed by atoms with Gasteiger partial charge in [-0.2, -0.15) is 4.99 Å². The highest BCUT2D eigenvalue weighted by atomic mass is 32.2. The van der Waals surface area contributed by atoms with Crippen LogP contribution in [0.5, 0.6) is 5.75 Å². The van der Waals surface area contributed by atoms with E-state index in [4.69, 9.17) is 14.6 Å². The van der Waals surface area contributed by atoms with E-state index in [-0.39, 0.29) is 4.90 Å². The molecule has 0 aliphatic rings. The van der Waals surface area contributed by atoms with E-state index in [2.05, 4.69) is 4.99 Å². The number of nitrogens with zero attached hydrogens (tertiary/aromatic N) is 2. The number of rotatable bonds is 7. The lowest BCUT2D eigenvalue weighted by atomic mass is 10.2. The minimum absolute atomic E-state index is 0.00538. The van der Waals surface area contributed by atoms with Crippen LogP contribution in [0.1, 0.15) is 17.3 Å². The third-order valence-corrected chi connectivity index (χ3v) is 6.13. The smallest absolute Gasteiger partial charge is 0.283 e. The van der Waals surface area contributed by atoms with E-state index in [1.54, 1.807) is 30.3 Å². The molecule has 10 heteroatoms. The van der Waals surface area contributed by atoms with Gasteiger partial charge in [0.15, 0.2) is 4.80 Å². The molecule has 0 bridgehead atoms. The van der Waals surface area contributed by atoms with Crippen molar-refractivity contribution in [1.29, 1.82) is 0 Å². The number of benzene rings is 2. The van der Waals surface area contributed by atoms with Gasteiger partial charge in [-0.1, -0.05) is 23.5 Å². The lowest BCUT2D eigenvalue weighted by Gasteiger charge is -2.06. The van der Waals surface area contributed by atoms with Gasteiger partial charge in [-0.05, 0) is 37.3 Å². The van der Waals surface area contributed by atoms with Crippen molar-refractivity contribution < 1.29 is 22.7 Å². The second kappa shape index (κ2) is 8.87. The van der Waals surface area contributed by atoms with E-state index in [1.165, 1.54) is 30.6 Å². The van der Waals surface area contributed by atoms with Crippen LogP contribution in [-0.2, 0) is 21.3 Å². The Labute approximate surface area is 172 Å². The summed E-state index contributed by atoms with van der Waals surface area (Å²) in [6.45, 7) is 3.34. The maximum absolute atomic E-state index is 12.8. The van der Waals surface area contributed by atoms with Crippen LogP contribution in [0.25, 0.3) is 10.2 Å². The maximum atomic E-state index is 12.8. The number of methoxy groups -OCH3 is 1. The monoisotopic (exact) mass is 435 g/mol. The molecule has 3 aromatic rings. The van der Waals surface area contributed by atoms with Crippen molar-refractivity contribution in [2.45, 2.75) is 18.4 Å². The zero-order valence-corrected chi connectivity index (χ0v) is 17.6. The van der Waals surface area contributed by atoms with Crippen LogP contribution in [0.2, 0.25) is 0 Å². The summed E-state index contributed by atoms with van der Waals surface area (Å²) in [4.78, 5) is 17.5. The van der Waals surface area contributed by atoms with Gasteiger partial charge in [0.1, 0.15) is 5.75 Å². The molecule has 0 spiro atoms. The minimum Gasteiger partial charge on any atom is -0.496 e. The highest BCUT2D eigenvalue weighted by Crippen LogP contribution is 2.22. The van der Waals surface area contributed by atoms with Gasteiger partial charge in [0, 0.05) is 13.2 Å². The number of primary sulfonamides is 1. The number of para-hydroxylation sites is 1. The summed E-state index contributed by atoms with van der Waals surface area (Å²) >= 11 is 1.21. The number of thiazole rings is 1. The van der Waals surface area contributed by atoms with E-state index < -0.39 is 15.9 Å². The summed E-state index contributed by atoms with van der Waals surface area (Å²) in [6.07, 6.45) is 0. The molecule has 0 saturated heterocycles. The summed E-state index contributed by atoms with van der Waals surface area (Å²) < 4.78 is 36.5. The van der Waals surface area contributed by atoms with Crippen LogP contribution < -0.4 is 14.7 Å². The average Bonchev–Trinajstić information content (AvgIpc) is 3.03. The molecule has 0 aliphatic carbocycles. The molecular weight excluding hydrogens is 414 g/mol. The summed E-state index contributed by atoms with van der Waals surface area (Å²) in [5.41, 5.74) is 1.09. The fraction of sp³-hybridized carbons (Fsp3) is 0.263. The SMILES string of the molecule is CCOCCn1c(=NC(=O)c2ccccc2OC)sc2cc(S(N)(=O)=O)ccc21. The fourth-order valence-corrected chi connectivity index (χ4v) is 4.51. The standard InChI is InChI=1S/C19H21N3O5S2/c1-3-27-11-10-22-15-9-8-13(29(20,24)25)12-17(15)28-19(22)21-18(23)14-6-4-5-7-16(14)26-2/h4-9,12H,3,10-11H2,1-2H3,(H2,20,24,25). The molecule has 0 fully saturated rings. The Morgan fingerprint density at radius 2 is 2.00 bits per heavy atom. The maximum Gasteiger partial charge on any atom is 0.283 e. The second-order valence-corrected chi connectivity index (χ2v) is 8.60. The van der Waals surface area contributed by atoms with E-state index >= 15 is 0 Å². The quantitative estimate of drug-likeness (QED) is 0.571. The van der Waals surface area contributed by atoms with Crippen molar-refractivity contribution in [3.05, 3.63) is 52.8 Å². The van der Waals surface area contributed by atoms with Gasteiger partial charge >= 0.3 is 0 Å². The van der Waals surface area contributed by atoms with E-state index in [0.29, 0.717) is 40.6 Å². The Morgan fingerprint density at radius 1 is 1.24 bits per heavy atom. The predicted molar refractivity (Wildman–Crippen MR) is 111 cm³/mol. The van der Waals surface area contributed by atoms with Crippen LogP contribution in [0, 0.1) is 0 Å². The molecule has 0 radical (unpaired) electrons. The molecule has 8 nitrogen and oxygen atoms in total. The molecule has 2 aromatic carbocycles. The fourth-order valence-electron chi connectivity index (χ4n) is 2.80. The first-order chi connectivity index (χ1) is 13.8. The molecule has 2 N–H and O–H groups in total. The molecule has 1 aromatic heterocycles. The van der Waals surface area contributed by atoms with Crippen molar-refractivity contribution in [2.24, 2.45) is 10.1 Å². The Hall–Kier alpha value is -2.53. The number of hydrogen-bond donors (Lipinski definition) is 1. The lowest BCUT2D eigenvalue weighted by molar-refractivity contribution is 0.0993. The molecule has 0 atom stereocenters. The van der Waals surface area contributed by atoms with Gasteiger partial charge < -0.3 is 14.0 Å². The third kappa shape index (κ3) is 4.73. The topological polar surface area (TPSA) is 113 Å². The van der Waals surface area contributed by atoms with Gasteiger partial charge in [0.05, 0.1) is 34.4 Å². The first-order valence-corrected chi connectivity index (χ1v) is 11.2. The molecule has 29 heavy (non-hydrogen) atoms. The molecule has 0 aliphatic heterocycles. The molecular formula is C19H21N3O5S2. The average molecular weight is 436 g/mol. The molecule has 1 heterocycles. The molecule has 154 valence electrons. The zero-order valence-electron chi connectivity index (χ0n) is 16.0. The van der Waals surface area contributed by atoms with E-state index in [0.717, 1.165) is 5.52 Å². The van der Waals surface area contributed by atoms with Crippen molar-refractivity contribution >= 4 is 37.5 Å². The minimum atomic E-state index is -3.84. The lowest BCUT2D eigenvalue weighted by Crippen LogP contribution is -2.20. The number of carbonyl (C=O) groups excluding carboxylic acids is 1. The van der Waals surface area contributed by atoms with Crippen molar-refractivity contribution in [3.63, 3.8) is 0 Å². The third-order valence-electron chi connectivity index (χ3n) is 4.18. The van der Waals surface area contributed by atoms with Crippen LogP contribution in [-0.4, -0.2) is 39.2 Å². The van der Waals surface area contributed by atoms with Gasteiger partial charge in [-0.25, -0.2) is 13.6 Å². The van der Waals surface area contributed by atoms with Crippen LogP contribution in [0.4, 0.5) is 0 Å². The highest BCUT2D eigenvalue weighted by molar-refractivity contribution is 7.89. The number of carbonyl (C=O) groups is 1. The number of amides is 1. The number of hydrogen-bond acceptors (Lipinski definition) is 6. The zero-order chi connectivity index (χ0) is 21.0. The molecule has 3 rings (SSSR count). The van der Waals surface area contributed by atoms with Crippen molar-refractivity contribution in [1.82, 2.24) is 4.57 Å². The summed E-state index contributed by atoms with van der Waals surface area (Å²) in [7, 11) is -2.35. The summed E-state index contributed by atoms with van der Waals surface area (Å²) in [6, 6.07) is 11.4. The predicted octanol–water partition coefficient (Wildman–Crippen LogP) is 2.14. The highest BCUT2D eigenvalue weighted by Gasteiger charge is 2.15. The Kier molecular flexibility index (Phi) is 6.48. The Balaban J connectivity index is 2.14. The van der Waals surface area contributed by atoms with Gasteiger partial charge in [-0.3, -0.25) is 4.79 Å². The molecule has 1 amide bonds. The largest absolute Gasteiger partial charge is 0.496 e. The van der Waals surface area contributed by atoms with Gasteiger partial charge in [-0.15, -0.1) is 0 Å². The number of sulfonamides is 1. The molecule has 0 unspecified atom stereocenters.